The summed E-state index contributed by atoms with van der Waals surface area (Å²) in [5, 5.41) is 1.80. The smallest absolute Gasteiger partial charge is 0.173 e. The molecule has 0 spiro atoms. The molecule has 1 heterocycles. The Bertz CT molecular complexity index is 764. The first-order chi connectivity index (χ1) is 10.6. The van der Waals surface area contributed by atoms with Gasteiger partial charge in [0.05, 0.1) is 20.8 Å². The summed E-state index contributed by atoms with van der Waals surface area (Å²) in [5.41, 5.74) is 3.01. The van der Waals surface area contributed by atoms with Gasteiger partial charge in [0.25, 0.3) is 0 Å². The molecule has 23 heavy (non-hydrogen) atoms. The molecule has 1 aliphatic heterocycles. The second-order valence-electron chi connectivity index (χ2n) is 4.93. The Morgan fingerprint density at radius 1 is 1.13 bits per heavy atom. The second kappa shape index (κ2) is 8.34. The average molecular weight is 430 g/mol. The van der Waals surface area contributed by atoms with E-state index in [9.17, 15) is 4.79 Å². The third-order valence-corrected chi connectivity index (χ3v) is 5.23. The van der Waals surface area contributed by atoms with Crippen LogP contribution in [0.4, 0.5) is 0 Å². The minimum Gasteiger partial charge on any atom is -1.00 e. The van der Waals surface area contributed by atoms with Crippen LogP contribution in [0.2, 0.25) is 10.0 Å². The zero-order chi connectivity index (χ0) is 15.5. The van der Waals surface area contributed by atoms with Gasteiger partial charge in [0.1, 0.15) is 0 Å². The number of ketones is 1. The fourth-order valence-corrected chi connectivity index (χ4v) is 3.59. The molecule has 0 amide bonds. The van der Waals surface area contributed by atoms with E-state index in [4.69, 9.17) is 23.2 Å². The van der Waals surface area contributed by atoms with Crippen LogP contribution in [0.5, 0.6) is 0 Å². The zero-order valence-electron chi connectivity index (χ0n) is 12.1. The molecule has 0 atom stereocenters. The Morgan fingerprint density at radius 2 is 1.91 bits per heavy atom. The highest BCUT2D eigenvalue weighted by Crippen LogP contribution is 2.25. The molecular formula is C17H13BrCl2NOS-. The van der Waals surface area contributed by atoms with Crippen molar-refractivity contribution in [2.75, 3.05) is 12.3 Å². The van der Waals surface area contributed by atoms with Gasteiger partial charge in [-0.05, 0) is 30.2 Å². The highest BCUT2D eigenvalue weighted by molar-refractivity contribution is 8.15. The average Bonchev–Trinajstić information content (AvgIpc) is 2.55. The van der Waals surface area contributed by atoms with Crippen molar-refractivity contribution in [2.45, 2.75) is 6.42 Å². The molecule has 6 heteroatoms. The van der Waals surface area contributed by atoms with E-state index < -0.39 is 0 Å². The zero-order valence-corrected chi connectivity index (χ0v) is 16.0. The molecule has 0 aliphatic carbocycles. The number of thioether (sulfide) groups is 1. The predicted molar refractivity (Wildman–Crippen MR) is 94.8 cm³/mol. The van der Waals surface area contributed by atoms with Crippen molar-refractivity contribution in [1.29, 1.82) is 0 Å². The van der Waals surface area contributed by atoms with Gasteiger partial charge >= 0.3 is 0 Å². The minimum absolute atomic E-state index is 0. The van der Waals surface area contributed by atoms with Crippen LogP contribution in [-0.4, -0.2) is 23.1 Å². The third-order valence-electron chi connectivity index (χ3n) is 3.47. The fourth-order valence-electron chi connectivity index (χ4n) is 2.32. The van der Waals surface area contributed by atoms with Gasteiger partial charge in [-0.2, -0.15) is 0 Å². The van der Waals surface area contributed by atoms with Crippen LogP contribution < -0.4 is 17.0 Å². The molecule has 0 saturated heterocycles. The van der Waals surface area contributed by atoms with E-state index in [-0.39, 0.29) is 22.8 Å². The van der Waals surface area contributed by atoms with Crippen LogP contribution in [0.1, 0.15) is 21.5 Å². The summed E-state index contributed by atoms with van der Waals surface area (Å²) in [6.07, 6.45) is 0.959. The number of aliphatic imine (C=N–C) groups is 1. The molecule has 2 aromatic rings. The first-order valence-electron chi connectivity index (χ1n) is 6.89. The van der Waals surface area contributed by atoms with Crippen molar-refractivity contribution < 1.29 is 21.8 Å². The maximum atomic E-state index is 12.3. The first-order valence-corrected chi connectivity index (χ1v) is 8.63. The lowest BCUT2D eigenvalue weighted by Gasteiger charge is -2.15. The molecule has 2 nitrogen and oxygen atoms in total. The number of carbonyl (C=O) groups excluding carboxylic acids is 1. The van der Waals surface area contributed by atoms with Gasteiger partial charge < -0.3 is 17.0 Å². The highest BCUT2D eigenvalue weighted by atomic mass is 79.9. The minimum atomic E-state index is 0. The van der Waals surface area contributed by atoms with Gasteiger partial charge in [0.15, 0.2) is 5.78 Å². The molecular weight excluding hydrogens is 417 g/mol. The molecule has 0 saturated carbocycles. The van der Waals surface area contributed by atoms with Crippen molar-refractivity contribution in [3.63, 3.8) is 0 Å². The van der Waals surface area contributed by atoms with E-state index in [1.54, 1.807) is 18.2 Å². The van der Waals surface area contributed by atoms with E-state index in [0.717, 1.165) is 23.6 Å². The van der Waals surface area contributed by atoms with Crippen LogP contribution in [-0.2, 0) is 6.42 Å². The molecule has 120 valence electrons. The number of halogens is 3. The number of carbonyl (C=O) groups is 1. The van der Waals surface area contributed by atoms with Gasteiger partial charge in [-0.1, -0.05) is 59.2 Å². The summed E-state index contributed by atoms with van der Waals surface area (Å²) in [6, 6.07) is 13.2. The molecule has 0 radical (unpaired) electrons. The van der Waals surface area contributed by atoms with Crippen molar-refractivity contribution in [3.8, 4) is 0 Å². The Morgan fingerprint density at radius 3 is 2.70 bits per heavy atom. The molecule has 3 rings (SSSR count). The summed E-state index contributed by atoms with van der Waals surface area (Å²) < 4.78 is 0. The van der Waals surface area contributed by atoms with Gasteiger partial charge in [-0.3, -0.25) is 9.79 Å². The first kappa shape index (κ1) is 18.5. The van der Waals surface area contributed by atoms with E-state index in [2.05, 4.69) is 17.1 Å². The summed E-state index contributed by atoms with van der Waals surface area (Å²) in [7, 11) is 0. The topological polar surface area (TPSA) is 29.4 Å². The van der Waals surface area contributed by atoms with Gasteiger partial charge in [0.2, 0.25) is 0 Å². The summed E-state index contributed by atoms with van der Waals surface area (Å²) in [4.78, 5) is 16.8. The normalized spacial score (nSPS) is 12.9. The SMILES string of the molecule is O=C(CSC1=NCCc2ccccc21)c1ccc(Cl)c(Cl)c1.[Br-]. The maximum Gasteiger partial charge on any atom is 0.173 e. The van der Waals surface area contributed by atoms with Gasteiger partial charge in [0, 0.05) is 17.7 Å². The Balaban J connectivity index is 0.00000192. The van der Waals surface area contributed by atoms with Crippen LogP contribution in [0, 0.1) is 0 Å². The number of Topliss-reactive ketones (excluding diaryl/α,β-unsaturated/α-hetero) is 1. The maximum absolute atomic E-state index is 12.3. The Kier molecular flexibility index (Phi) is 6.72. The number of fused-ring (bicyclic) bond motifs is 1. The largest absolute Gasteiger partial charge is 1.00 e. The second-order valence-corrected chi connectivity index (χ2v) is 6.71. The summed E-state index contributed by atoms with van der Waals surface area (Å²) in [6.45, 7) is 0.778. The summed E-state index contributed by atoms with van der Waals surface area (Å²) >= 11 is 13.3. The van der Waals surface area contributed by atoms with Gasteiger partial charge in [-0.25, -0.2) is 0 Å². The van der Waals surface area contributed by atoms with Crippen LogP contribution >= 0.6 is 35.0 Å². The standard InChI is InChI=1S/C17H13Cl2NOS.BrH/c18-14-6-5-12(9-15(14)19)16(21)10-22-17-13-4-2-1-3-11(13)7-8-20-17;/h1-6,9H,7-8,10H2;1H/p-1. The van der Waals surface area contributed by atoms with Crippen molar-refractivity contribution in [1.82, 2.24) is 0 Å². The third kappa shape index (κ3) is 4.38. The van der Waals surface area contributed by atoms with E-state index in [1.165, 1.54) is 17.3 Å². The van der Waals surface area contributed by atoms with Crippen LogP contribution in [0.15, 0.2) is 47.5 Å². The summed E-state index contributed by atoms with van der Waals surface area (Å²) in [5.74, 6) is 0.361. The number of hydrogen-bond acceptors (Lipinski definition) is 3. The number of benzene rings is 2. The molecule has 0 bridgehead atoms. The Labute approximate surface area is 160 Å². The monoisotopic (exact) mass is 428 g/mol. The molecule has 0 aromatic heterocycles. The lowest BCUT2D eigenvalue weighted by atomic mass is 10.0. The highest BCUT2D eigenvalue weighted by Gasteiger charge is 2.16. The number of hydrogen-bond donors (Lipinski definition) is 0. The van der Waals surface area contributed by atoms with Crippen molar-refractivity contribution in [2.24, 2.45) is 4.99 Å². The van der Waals surface area contributed by atoms with Crippen LogP contribution in [0.3, 0.4) is 0 Å². The lowest BCUT2D eigenvalue weighted by Crippen LogP contribution is -3.00. The lowest BCUT2D eigenvalue weighted by molar-refractivity contribution is -0.0000118. The molecule has 0 unspecified atom stereocenters. The fraction of sp³-hybridized carbons (Fsp3) is 0.176. The molecule has 1 aliphatic rings. The van der Waals surface area contributed by atoms with E-state index in [0.29, 0.717) is 21.4 Å². The predicted octanol–water partition coefficient (Wildman–Crippen LogP) is 1.92. The molecule has 0 fully saturated rings. The van der Waals surface area contributed by atoms with Crippen LogP contribution in [0.25, 0.3) is 0 Å². The van der Waals surface area contributed by atoms with E-state index >= 15 is 0 Å². The van der Waals surface area contributed by atoms with Crippen molar-refractivity contribution >= 4 is 45.8 Å². The molecule has 0 N–H and O–H groups in total. The quantitative estimate of drug-likeness (QED) is 0.697. The Hall–Kier alpha value is -0.810. The van der Waals surface area contributed by atoms with E-state index in [1.807, 2.05) is 12.1 Å². The number of nitrogens with zero attached hydrogens (tertiary/aromatic N) is 1. The molecule has 2 aromatic carbocycles. The van der Waals surface area contributed by atoms with Gasteiger partial charge in [-0.15, -0.1) is 0 Å². The number of rotatable bonds is 3. The van der Waals surface area contributed by atoms with Crippen molar-refractivity contribution in [3.05, 3.63) is 69.2 Å².